The Bertz CT molecular complexity index is 778. The topological polar surface area (TPSA) is 46.6 Å². The summed E-state index contributed by atoms with van der Waals surface area (Å²) in [5.41, 5.74) is 0.670. The van der Waals surface area contributed by atoms with E-state index in [4.69, 9.17) is 16.3 Å². The second-order valence-electron chi connectivity index (χ2n) is 4.80. The first-order valence-electron chi connectivity index (χ1n) is 6.40. The van der Waals surface area contributed by atoms with E-state index in [0.29, 0.717) is 11.3 Å². The molecule has 0 aliphatic rings. The summed E-state index contributed by atoms with van der Waals surface area (Å²) in [5.74, 6) is -0.111. The first-order chi connectivity index (χ1) is 10.3. The number of sulfonamides is 1. The van der Waals surface area contributed by atoms with Crippen LogP contribution in [0.2, 0.25) is 5.02 Å². The standard InChI is InChI=1S/C15H15ClFNO3S/c1-18(2)22(19,20)13-5-3-4-11(8-13)10-21-15-7-6-12(17)9-14(15)16/h3-9H,10H2,1-2H3. The predicted octanol–water partition coefficient (Wildman–Crippen LogP) is 3.31. The first kappa shape index (κ1) is 16.7. The summed E-state index contributed by atoms with van der Waals surface area (Å²) < 4.78 is 43.7. The summed E-state index contributed by atoms with van der Waals surface area (Å²) in [6, 6.07) is 10.3. The maximum Gasteiger partial charge on any atom is 0.242 e. The highest BCUT2D eigenvalue weighted by molar-refractivity contribution is 7.89. The van der Waals surface area contributed by atoms with Crippen molar-refractivity contribution in [3.63, 3.8) is 0 Å². The minimum atomic E-state index is -3.49. The Morgan fingerprint density at radius 3 is 2.55 bits per heavy atom. The molecule has 0 atom stereocenters. The Morgan fingerprint density at radius 1 is 1.18 bits per heavy atom. The van der Waals surface area contributed by atoms with Gasteiger partial charge in [0.1, 0.15) is 18.2 Å². The minimum absolute atomic E-state index is 0.127. The molecule has 0 aromatic heterocycles. The minimum Gasteiger partial charge on any atom is -0.487 e. The Labute approximate surface area is 134 Å². The fourth-order valence-electron chi connectivity index (χ4n) is 1.76. The summed E-state index contributed by atoms with van der Waals surface area (Å²) in [7, 11) is -0.556. The molecule has 0 spiro atoms. The molecule has 7 heteroatoms. The molecule has 118 valence electrons. The fourth-order valence-corrected chi connectivity index (χ4v) is 2.95. The molecule has 2 aromatic rings. The monoisotopic (exact) mass is 343 g/mol. The molecular weight excluding hydrogens is 329 g/mol. The van der Waals surface area contributed by atoms with E-state index in [0.717, 1.165) is 10.4 Å². The fraction of sp³-hybridized carbons (Fsp3) is 0.200. The summed E-state index contributed by atoms with van der Waals surface area (Å²) >= 11 is 5.87. The van der Waals surface area contributed by atoms with Crippen molar-refractivity contribution in [1.29, 1.82) is 0 Å². The van der Waals surface area contributed by atoms with Crippen molar-refractivity contribution >= 4 is 21.6 Å². The number of hydrogen-bond acceptors (Lipinski definition) is 3. The van der Waals surface area contributed by atoms with Gasteiger partial charge in [0.05, 0.1) is 9.92 Å². The Hall–Kier alpha value is -1.63. The molecule has 2 aromatic carbocycles. The van der Waals surface area contributed by atoms with Crippen LogP contribution in [0.5, 0.6) is 5.75 Å². The molecule has 0 amide bonds. The Morgan fingerprint density at radius 2 is 1.91 bits per heavy atom. The van der Waals surface area contributed by atoms with Gasteiger partial charge in [0, 0.05) is 14.1 Å². The molecule has 0 fully saturated rings. The van der Waals surface area contributed by atoms with Crippen molar-refractivity contribution in [2.75, 3.05) is 14.1 Å². The van der Waals surface area contributed by atoms with E-state index in [1.807, 2.05) is 0 Å². The van der Waals surface area contributed by atoms with Gasteiger partial charge in [-0.25, -0.2) is 17.1 Å². The predicted molar refractivity (Wildman–Crippen MR) is 83.1 cm³/mol. The second kappa shape index (κ2) is 6.64. The van der Waals surface area contributed by atoms with Gasteiger partial charge in [-0.15, -0.1) is 0 Å². The molecule has 4 nitrogen and oxygen atoms in total. The molecular formula is C15H15ClFNO3S. The molecule has 0 aliphatic heterocycles. The average Bonchev–Trinajstić information content (AvgIpc) is 2.46. The van der Waals surface area contributed by atoms with Gasteiger partial charge in [-0.2, -0.15) is 0 Å². The highest BCUT2D eigenvalue weighted by Crippen LogP contribution is 2.26. The van der Waals surface area contributed by atoms with E-state index in [1.165, 1.54) is 38.4 Å². The van der Waals surface area contributed by atoms with Crippen molar-refractivity contribution in [3.8, 4) is 5.75 Å². The second-order valence-corrected chi connectivity index (χ2v) is 7.36. The van der Waals surface area contributed by atoms with Gasteiger partial charge in [-0.3, -0.25) is 0 Å². The van der Waals surface area contributed by atoms with E-state index in [9.17, 15) is 12.8 Å². The van der Waals surface area contributed by atoms with Crippen LogP contribution in [-0.4, -0.2) is 26.8 Å². The van der Waals surface area contributed by atoms with Crippen molar-refractivity contribution in [3.05, 3.63) is 58.9 Å². The van der Waals surface area contributed by atoms with Crippen LogP contribution in [0, 0.1) is 5.82 Å². The average molecular weight is 344 g/mol. The first-order valence-corrected chi connectivity index (χ1v) is 8.22. The molecule has 0 heterocycles. The summed E-state index contributed by atoms with van der Waals surface area (Å²) in [5, 5.41) is 0.164. The highest BCUT2D eigenvalue weighted by atomic mass is 35.5. The van der Waals surface area contributed by atoms with Crippen LogP contribution in [0.4, 0.5) is 4.39 Å². The lowest BCUT2D eigenvalue weighted by Gasteiger charge is -2.13. The number of halogens is 2. The molecule has 22 heavy (non-hydrogen) atoms. The van der Waals surface area contributed by atoms with E-state index < -0.39 is 15.8 Å². The van der Waals surface area contributed by atoms with Crippen LogP contribution >= 0.6 is 11.6 Å². The number of nitrogens with zero attached hydrogens (tertiary/aromatic N) is 1. The molecule has 0 N–H and O–H groups in total. The van der Waals surface area contributed by atoms with E-state index in [-0.39, 0.29) is 16.5 Å². The summed E-state index contributed by atoms with van der Waals surface area (Å²) in [6.07, 6.45) is 0. The number of benzene rings is 2. The Balaban J connectivity index is 2.18. The third kappa shape index (κ3) is 3.76. The van der Waals surface area contributed by atoms with Crippen LogP contribution < -0.4 is 4.74 Å². The van der Waals surface area contributed by atoms with Crippen LogP contribution in [0.15, 0.2) is 47.4 Å². The van der Waals surface area contributed by atoms with Gasteiger partial charge in [0.15, 0.2) is 0 Å². The van der Waals surface area contributed by atoms with Gasteiger partial charge in [0.2, 0.25) is 10.0 Å². The smallest absolute Gasteiger partial charge is 0.242 e. The van der Waals surface area contributed by atoms with Crippen molar-refractivity contribution in [2.24, 2.45) is 0 Å². The van der Waals surface area contributed by atoms with Crippen molar-refractivity contribution < 1.29 is 17.5 Å². The van der Waals surface area contributed by atoms with E-state index in [2.05, 4.69) is 0 Å². The van der Waals surface area contributed by atoms with Crippen LogP contribution in [0.25, 0.3) is 0 Å². The number of ether oxygens (including phenoxy) is 1. The largest absolute Gasteiger partial charge is 0.487 e. The lowest BCUT2D eigenvalue weighted by Crippen LogP contribution is -2.22. The maximum atomic E-state index is 13.0. The summed E-state index contributed by atoms with van der Waals surface area (Å²) in [4.78, 5) is 0.184. The number of hydrogen-bond donors (Lipinski definition) is 0. The van der Waals surface area contributed by atoms with Crippen LogP contribution in [0.1, 0.15) is 5.56 Å². The number of rotatable bonds is 5. The zero-order valence-electron chi connectivity index (χ0n) is 12.1. The Kier molecular flexibility index (Phi) is 5.05. The quantitative estimate of drug-likeness (QED) is 0.836. The molecule has 0 radical (unpaired) electrons. The normalized spacial score (nSPS) is 11.7. The molecule has 0 unspecified atom stereocenters. The van der Waals surface area contributed by atoms with E-state index >= 15 is 0 Å². The molecule has 0 saturated carbocycles. The molecule has 2 rings (SSSR count). The molecule has 0 bridgehead atoms. The SMILES string of the molecule is CN(C)S(=O)(=O)c1cccc(COc2ccc(F)cc2Cl)c1. The maximum absolute atomic E-state index is 13.0. The molecule has 0 aliphatic carbocycles. The van der Waals surface area contributed by atoms with Gasteiger partial charge < -0.3 is 4.74 Å². The van der Waals surface area contributed by atoms with Crippen LogP contribution in [0.3, 0.4) is 0 Å². The molecule has 0 saturated heterocycles. The summed E-state index contributed by atoms with van der Waals surface area (Å²) in [6.45, 7) is 0.127. The van der Waals surface area contributed by atoms with Gasteiger partial charge in [-0.05, 0) is 35.9 Å². The van der Waals surface area contributed by atoms with E-state index in [1.54, 1.807) is 12.1 Å². The lowest BCUT2D eigenvalue weighted by atomic mass is 10.2. The van der Waals surface area contributed by atoms with Gasteiger partial charge in [0.25, 0.3) is 0 Å². The lowest BCUT2D eigenvalue weighted by molar-refractivity contribution is 0.305. The third-order valence-electron chi connectivity index (χ3n) is 2.97. The van der Waals surface area contributed by atoms with Crippen molar-refractivity contribution in [1.82, 2.24) is 4.31 Å². The van der Waals surface area contributed by atoms with Crippen molar-refractivity contribution in [2.45, 2.75) is 11.5 Å². The van der Waals surface area contributed by atoms with Gasteiger partial charge >= 0.3 is 0 Å². The van der Waals surface area contributed by atoms with Crippen LogP contribution in [-0.2, 0) is 16.6 Å². The zero-order valence-corrected chi connectivity index (χ0v) is 13.7. The van der Waals surface area contributed by atoms with Gasteiger partial charge in [-0.1, -0.05) is 23.7 Å². The zero-order chi connectivity index (χ0) is 16.3. The third-order valence-corrected chi connectivity index (χ3v) is 5.07. The highest BCUT2D eigenvalue weighted by Gasteiger charge is 2.17.